The average molecular weight is 199 g/mol. The van der Waals surface area contributed by atoms with Crippen LogP contribution in [-0.2, 0) is 13.0 Å². The van der Waals surface area contributed by atoms with Crippen molar-refractivity contribution in [3.8, 4) is 0 Å². The summed E-state index contributed by atoms with van der Waals surface area (Å²) >= 11 is 0. The van der Waals surface area contributed by atoms with Gasteiger partial charge in [0.25, 0.3) is 0 Å². The second-order valence-electron chi connectivity index (χ2n) is 3.88. The standard InChI is InChI=1S/C13H13NO/c1-2-6-13-11(4-1)7-8-14(13)10-12-5-3-9-15-12/h1-6,9H,7-8,10H2. The molecule has 0 amide bonds. The van der Waals surface area contributed by atoms with Crippen LogP contribution in [0, 0.1) is 0 Å². The lowest BCUT2D eigenvalue weighted by Gasteiger charge is -2.17. The van der Waals surface area contributed by atoms with Crippen molar-refractivity contribution in [1.29, 1.82) is 0 Å². The Hall–Kier alpha value is -1.70. The molecule has 1 aliphatic heterocycles. The number of benzene rings is 1. The molecule has 1 aliphatic rings. The third-order valence-corrected chi connectivity index (χ3v) is 2.91. The number of anilines is 1. The summed E-state index contributed by atoms with van der Waals surface area (Å²) < 4.78 is 5.37. The lowest BCUT2D eigenvalue weighted by atomic mass is 10.2. The maximum atomic E-state index is 5.37. The van der Waals surface area contributed by atoms with Gasteiger partial charge in [-0.05, 0) is 30.2 Å². The summed E-state index contributed by atoms with van der Waals surface area (Å²) in [4.78, 5) is 2.37. The van der Waals surface area contributed by atoms with Gasteiger partial charge in [0.2, 0.25) is 0 Å². The zero-order chi connectivity index (χ0) is 10.1. The van der Waals surface area contributed by atoms with Crippen LogP contribution in [0.5, 0.6) is 0 Å². The molecule has 2 nitrogen and oxygen atoms in total. The number of nitrogens with zero attached hydrogens (tertiary/aromatic N) is 1. The van der Waals surface area contributed by atoms with Crippen molar-refractivity contribution in [3.63, 3.8) is 0 Å². The van der Waals surface area contributed by atoms with Crippen molar-refractivity contribution in [3.05, 3.63) is 54.0 Å². The highest BCUT2D eigenvalue weighted by Crippen LogP contribution is 2.28. The van der Waals surface area contributed by atoms with Crippen molar-refractivity contribution >= 4 is 5.69 Å². The predicted octanol–water partition coefficient (Wildman–Crippen LogP) is 2.84. The Morgan fingerprint density at radius 2 is 2.07 bits per heavy atom. The highest BCUT2D eigenvalue weighted by molar-refractivity contribution is 5.57. The van der Waals surface area contributed by atoms with Crippen molar-refractivity contribution in [2.45, 2.75) is 13.0 Å². The molecule has 0 aliphatic carbocycles. The van der Waals surface area contributed by atoms with Crippen LogP contribution in [0.2, 0.25) is 0 Å². The quantitative estimate of drug-likeness (QED) is 0.739. The first-order valence-corrected chi connectivity index (χ1v) is 5.29. The molecule has 0 fully saturated rings. The minimum atomic E-state index is 0.879. The summed E-state index contributed by atoms with van der Waals surface area (Å²) in [6.45, 7) is 1.98. The molecule has 2 heteroatoms. The lowest BCUT2D eigenvalue weighted by Crippen LogP contribution is -2.19. The van der Waals surface area contributed by atoms with E-state index in [-0.39, 0.29) is 0 Å². The minimum Gasteiger partial charge on any atom is -0.467 e. The first-order valence-electron chi connectivity index (χ1n) is 5.29. The highest BCUT2D eigenvalue weighted by atomic mass is 16.3. The highest BCUT2D eigenvalue weighted by Gasteiger charge is 2.18. The Kier molecular flexibility index (Phi) is 1.98. The summed E-state index contributed by atoms with van der Waals surface area (Å²) in [7, 11) is 0. The van der Waals surface area contributed by atoms with E-state index in [1.807, 2.05) is 12.1 Å². The van der Waals surface area contributed by atoms with Gasteiger partial charge in [-0.2, -0.15) is 0 Å². The van der Waals surface area contributed by atoms with E-state index in [9.17, 15) is 0 Å². The molecule has 0 unspecified atom stereocenters. The minimum absolute atomic E-state index is 0.879. The second kappa shape index (κ2) is 3.46. The summed E-state index contributed by atoms with van der Waals surface area (Å²) in [5.74, 6) is 1.03. The molecule has 0 atom stereocenters. The van der Waals surface area contributed by atoms with Gasteiger partial charge < -0.3 is 9.32 Å². The molecule has 76 valence electrons. The molecule has 2 heterocycles. The van der Waals surface area contributed by atoms with Gasteiger partial charge in [-0.1, -0.05) is 18.2 Å². The van der Waals surface area contributed by atoms with Crippen LogP contribution in [0.1, 0.15) is 11.3 Å². The van der Waals surface area contributed by atoms with Crippen molar-refractivity contribution in [2.75, 3.05) is 11.4 Å². The topological polar surface area (TPSA) is 16.4 Å². The van der Waals surface area contributed by atoms with Gasteiger partial charge in [0.05, 0.1) is 12.8 Å². The summed E-state index contributed by atoms with van der Waals surface area (Å²) in [6.07, 6.45) is 2.88. The Morgan fingerprint density at radius 1 is 1.13 bits per heavy atom. The van der Waals surface area contributed by atoms with Crippen molar-refractivity contribution in [2.24, 2.45) is 0 Å². The predicted molar refractivity (Wildman–Crippen MR) is 59.9 cm³/mol. The fraction of sp³-hybridized carbons (Fsp3) is 0.231. The van der Waals surface area contributed by atoms with E-state index in [1.165, 1.54) is 11.3 Å². The monoisotopic (exact) mass is 199 g/mol. The molecule has 0 radical (unpaired) electrons. The van der Waals surface area contributed by atoms with Gasteiger partial charge in [0.1, 0.15) is 5.76 Å². The number of para-hydroxylation sites is 1. The Balaban J connectivity index is 1.85. The molecule has 0 saturated carbocycles. The summed E-state index contributed by atoms with van der Waals surface area (Å²) in [6, 6.07) is 12.6. The van der Waals surface area contributed by atoms with Crippen LogP contribution in [-0.4, -0.2) is 6.54 Å². The van der Waals surface area contributed by atoms with Gasteiger partial charge >= 0.3 is 0 Å². The molecule has 1 aromatic heterocycles. The van der Waals surface area contributed by atoms with Crippen LogP contribution < -0.4 is 4.90 Å². The van der Waals surface area contributed by atoms with Gasteiger partial charge in [-0.25, -0.2) is 0 Å². The van der Waals surface area contributed by atoms with Crippen LogP contribution in [0.3, 0.4) is 0 Å². The largest absolute Gasteiger partial charge is 0.467 e. The van der Waals surface area contributed by atoms with E-state index in [2.05, 4.69) is 29.2 Å². The molecule has 0 N–H and O–H groups in total. The average Bonchev–Trinajstić information content (AvgIpc) is 2.89. The van der Waals surface area contributed by atoms with Gasteiger partial charge in [0.15, 0.2) is 0 Å². The van der Waals surface area contributed by atoms with Gasteiger partial charge in [-0.3, -0.25) is 0 Å². The van der Waals surface area contributed by atoms with E-state index in [0.717, 1.165) is 25.3 Å². The van der Waals surface area contributed by atoms with Crippen LogP contribution in [0.15, 0.2) is 47.1 Å². The normalized spacial score (nSPS) is 14.3. The molecular formula is C13H13NO. The number of rotatable bonds is 2. The molecule has 0 saturated heterocycles. The first kappa shape index (κ1) is 8.60. The van der Waals surface area contributed by atoms with Crippen LogP contribution in [0.4, 0.5) is 5.69 Å². The summed E-state index contributed by atoms with van der Waals surface area (Å²) in [5.41, 5.74) is 2.80. The van der Waals surface area contributed by atoms with E-state index in [0.29, 0.717) is 0 Å². The van der Waals surface area contributed by atoms with Crippen molar-refractivity contribution in [1.82, 2.24) is 0 Å². The first-order chi connectivity index (χ1) is 7.43. The molecule has 1 aromatic carbocycles. The SMILES string of the molecule is c1coc(CN2CCc3ccccc32)c1. The molecule has 2 aromatic rings. The van der Waals surface area contributed by atoms with Crippen molar-refractivity contribution < 1.29 is 4.42 Å². The zero-order valence-electron chi connectivity index (χ0n) is 8.52. The Labute approximate surface area is 89.1 Å². The van der Waals surface area contributed by atoms with Gasteiger partial charge in [-0.15, -0.1) is 0 Å². The fourth-order valence-corrected chi connectivity index (χ4v) is 2.16. The van der Waals surface area contributed by atoms with E-state index < -0.39 is 0 Å². The summed E-state index contributed by atoms with van der Waals surface area (Å²) in [5, 5.41) is 0. The fourth-order valence-electron chi connectivity index (χ4n) is 2.16. The molecule has 3 rings (SSSR count). The number of hydrogen-bond acceptors (Lipinski definition) is 2. The van der Waals surface area contributed by atoms with Crippen LogP contribution in [0.25, 0.3) is 0 Å². The van der Waals surface area contributed by atoms with Gasteiger partial charge in [0, 0.05) is 12.2 Å². The third-order valence-electron chi connectivity index (χ3n) is 2.91. The van der Waals surface area contributed by atoms with E-state index in [1.54, 1.807) is 6.26 Å². The van der Waals surface area contributed by atoms with Crippen LogP contribution >= 0.6 is 0 Å². The Morgan fingerprint density at radius 3 is 2.93 bits per heavy atom. The smallest absolute Gasteiger partial charge is 0.123 e. The lowest BCUT2D eigenvalue weighted by molar-refractivity contribution is 0.504. The Bertz CT molecular complexity index is 447. The maximum absolute atomic E-state index is 5.37. The molecule has 0 bridgehead atoms. The van der Waals surface area contributed by atoms with E-state index in [4.69, 9.17) is 4.42 Å². The molecule has 15 heavy (non-hydrogen) atoms. The number of fused-ring (bicyclic) bond motifs is 1. The van der Waals surface area contributed by atoms with E-state index >= 15 is 0 Å². The zero-order valence-corrected chi connectivity index (χ0v) is 8.52. The second-order valence-corrected chi connectivity index (χ2v) is 3.88. The maximum Gasteiger partial charge on any atom is 0.123 e. The molecular weight excluding hydrogens is 186 g/mol. The third kappa shape index (κ3) is 1.52. The number of furan rings is 1. The number of hydrogen-bond donors (Lipinski definition) is 0. The molecule has 0 spiro atoms.